The van der Waals surface area contributed by atoms with Gasteiger partial charge in [0.15, 0.2) is 5.82 Å². The van der Waals surface area contributed by atoms with Crippen LogP contribution in [-0.4, -0.2) is 16.7 Å². The Morgan fingerprint density at radius 3 is 3.00 bits per heavy atom. The number of aromatic nitrogens is 2. The fraction of sp³-hybridized carbons (Fsp3) is 0.429. The van der Waals surface area contributed by atoms with Crippen LogP contribution in [0.5, 0.6) is 0 Å². The molecule has 0 spiro atoms. The maximum absolute atomic E-state index is 13.1. The molecular formula is C14H18FN3O. The molecule has 0 radical (unpaired) electrons. The van der Waals surface area contributed by atoms with E-state index in [0.29, 0.717) is 24.7 Å². The van der Waals surface area contributed by atoms with Crippen LogP contribution in [0.1, 0.15) is 43.0 Å². The van der Waals surface area contributed by atoms with E-state index in [2.05, 4.69) is 10.1 Å². The highest BCUT2D eigenvalue weighted by Gasteiger charge is 2.14. The SMILES string of the molecule is CC(CCCN)c1nc(Cc2cccc(F)c2)no1. The van der Waals surface area contributed by atoms with Gasteiger partial charge in [-0.3, -0.25) is 0 Å². The summed E-state index contributed by atoms with van der Waals surface area (Å²) >= 11 is 0. The lowest BCUT2D eigenvalue weighted by Crippen LogP contribution is -2.02. The second-order valence-electron chi connectivity index (χ2n) is 4.69. The molecule has 0 aliphatic rings. The van der Waals surface area contributed by atoms with Crippen molar-refractivity contribution in [3.63, 3.8) is 0 Å². The van der Waals surface area contributed by atoms with Crippen LogP contribution >= 0.6 is 0 Å². The van der Waals surface area contributed by atoms with E-state index in [-0.39, 0.29) is 11.7 Å². The third-order valence-corrected chi connectivity index (χ3v) is 3.00. The summed E-state index contributed by atoms with van der Waals surface area (Å²) in [6, 6.07) is 6.42. The second-order valence-corrected chi connectivity index (χ2v) is 4.69. The number of hydrogen-bond acceptors (Lipinski definition) is 4. The molecule has 0 aliphatic carbocycles. The molecule has 0 bridgehead atoms. The Labute approximate surface area is 111 Å². The molecule has 0 amide bonds. The van der Waals surface area contributed by atoms with E-state index in [1.54, 1.807) is 6.07 Å². The van der Waals surface area contributed by atoms with E-state index >= 15 is 0 Å². The lowest BCUT2D eigenvalue weighted by molar-refractivity contribution is 0.348. The van der Waals surface area contributed by atoms with E-state index < -0.39 is 0 Å². The van der Waals surface area contributed by atoms with Gasteiger partial charge in [-0.2, -0.15) is 4.98 Å². The highest BCUT2D eigenvalue weighted by molar-refractivity contribution is 5.19. The van der Waals surface area contributed by atoms with Crippen molar-refractivity contribution in [3.05, 3.63) is 47.4 Å². The van der Waals surface area contributed by atoms with Crippen molar-refractivity contribution in [3.8, 4) is 0 Å². The maximum Gasteiger partial charge on any atom is 0.229 e. The Balaban J connectivity index is 2.01. The number of nitrogens with two attached hydrogens (primary N) is 1. The summed E-state index contributed by atoms with van der Waals surface area (Å²) in [5, 5.41) is 3.93. The van der Waals surface area contributed by atoms with Crippen molar-refractivity contribution in [2.24, 2.45) is 5.73 Å². The van der Waals surface area contributed by atoms with E-state index in [1.807, 2.05) is 13.0 Å². The first kappa shape index (κ1) is 13.7. The monoisotopic (exact) mass is 263 g/mol. The number of halogens is 1. The first-order chi connectivity index (χ1) is 9.19. The fourth-order valence-corrected chi connectivity index (χ4v) is 1.92. The maximum atomic E-state index is 13.1. The molecule has 5 heteroatoms. The molecule has 2 rings (SSSR count). The van der Waals surface area contributed by atoms with Crippen molar-refractivity contribution in [2.75, 3.05) is 6.54 Å². The van der Waals surface area contributed by atoms with E-state index in [9.17, 15) is 4.39 Å². The highest BCUT2D eigenvalue weighted by atomic mass is 19.1. The lowest BCUT2D eigenvalue weighted by atomic mass is 10.1. The Bertz CT molecular complexity index is 527. The van der Waals surface area contributed by atoms with Crippen molar-refractivity contribution in [2.45, 2.75) is 32.1 Å². The largest absolute Gasteiger partial charge is 0.339 e. The van der Waals surface area contributed by atoms with E-state index in [0.717, 1.165) is 18.4 Å². The number of hydrogen-bond donors (Lipinski definition) is 1. The van der Waals surface area contributed by atoms with Crippen LogP contribution in [0.15, 0.2) is 28.8 Å². The van der Waals surface area contributed by atoms with Gasteiger partial charge in [-0.05, 0) is 37.1 Å². The van der Waals surface area contributed by atoms with Gasteiger partial charge in [0.05, 0.1) is 0 Å². The standard InChI is InChI=1S/C14H18FN3O/c1-10(4-3-7-16)14-17-13(18-19-14)9-11-5-2-6-12(15)8-11/h2,5-6,8,10H,3-4,7,9,16H2,1H3. The van der Waals surface area contributed by atoms with Gasteiger partial charge in [0.1, 0.15) is 5.82 Å². The Hall–Kier alpha value is -1.75. The summed E-state index contributed by atoms with van der Waals surface area (Å²) < 4.78 is 18.3. The average molecular weight is 263 g/mol. The van der Waals surface area contributed by atoms with Gasteiger partial charge < -0.3 is 10.3 Å². The molecule has 1 atom stereocenters. The van der Waals surface area contributed by atoms with Gasteiger partial charge in [-0.25, -0.2) is 4.39 Å². The zero-order valence-electron chi connectivity index (χ0n) is 11.0. The van der Waals surface area contributed by atoms with Gasteiger partial charge in [0, 0.05) is 12.3 Å². The zero-order valence-corrected chi connectivity index (χ0v) is 11.0. The summed E-state index contributed by atoms with van der Waals surface area (Å²) in [6.07, 6.45) is 2.34. The zero-order chi connectivity index (χ0) is 13.7. The lowest BCUT2D eigenvalue weighted by Gasteiger charge is -2.03. The van der Waals surface area contributed by atoms with Crippen molar-refractivity contribution in [1.82, 2.24) is 10.1 Å². The molecule has 102 valence electrons. The molecule has 1 unspecified atom stereocenters. The molecule has 0 saturated heterocycles. The van der Waals surface area contributed by atoms with Crippen LogP contribution in [0.3, 0.4) is 0 Å². The first-order valence-corrected chi connectivity index (χ1v) is 6.46. The van der Waals surface area contributed by atoms with Crippen LogP contribution < -0.4 is 5.73 Å². The van der Waals surface area contributed by atoms with Gasteiger partial charge in [0.25, 0.3) is 0 Å². The minimum absolute atomic E-state index is 0.206. The predicted octanol–water partition coefficient (Wildman–Crippen LogP) is 2.64. The molecule has 1 aromatic carbocycles. The molecule has 0 fully saturated rings. The van der Waals surface area contributed by atoms with E-state index in [1.165, 1.54) is 12.1 Å². The highest BCUT2D eigenvalue weighted by Crippen LogP contribution is 2.19. The molecule has 2 aromatic rings. The van der Waals surface area contributed by atoms with Crippen LogP contribution in [0.4, 0.5) is 4.39 Å². The predicted molar refractivity (Wildman–Crippen MR) is 70.2 cm³/mol. The molecule has 4 nitrogen and oxygen atoms in total. The van der Waals surface area contributed by atoms with Crippen LogP contribution in [0.25, 0.3) is 0 Å². The van der Waals surface area contributed by atoms with Gasteiger partial charge in [0.2, 0.25) is 5.89 Å². The Kier molecular flexibility index (Phi) is 4.63. The minimum atomic E-state index is -0.252. The smallest absolute Gasteiger partial charge is 0.229 e. The van der Waals surface area contributed by atoms with E-state index in [4.69, 9.17) is 10.3 Å². The van der Waals surface area contributed by atoms with Crippen molar-refractivity contribution >= 4 is 0 Å². The molecular weight excluding hydrogens is 245 g/mol. The minimum Gasteiger partial charge on any atom is -0.339 e. The Morgan fingerprint density at radius 2 is 2.26 bits per heavy atom. The number of nitrogens with zero attached hydrogens (tertiary/aromatic N) is 2. The molecule has 0 saturated carbocycles. The summed E-state index contributed by atoms with van der Waals surface area (Å²) in [6.45, 7) is 2.70. The summed E-state index contributed by atoms with van der Waals surface area (Å²) in [7, 11) is 0. The second kappa shape index (κ2) is 6.43. The average Bonchev–Trinajstić information content (AvgIpc) is 2.84. The molecule has 1 heterocycles. The molecule has 2 N–H and O–H groups in total. The number of benzene rings is 1. The van der Waals surface area contributed by atoms with Crippen LogP contribution in [0, 0.1) is 5.82 Å². The third kappa shape index (κ3) is 3.86. The van der Waals surface area contributed by atoms with Gasteiger partial charge >= 0.3 is 0 Å². The molecule has 1 aromatic heterocycles. The van der Waals surface area contributed by atoms with Gasteiger partial charge in [-0.15, -0.1) is 0 Å². The number of rotatable bonds is 6. The molecule has 19 heavy (non-hydrogen) atoms. The van der Waals surface area contributed by atoms with Crippen LogP contribution in [0.2, 0.25) is 0 Å². The summed E-state index contributed by atoms with van der Waals surface area (Å²) in [5.41, 5.74) is 6.31. The van der Waals surface area contributed by atoms with Gasteiger partial charge in [-0.1, -0.05) is 24.2 Å². The summed E-state index contributed by atoms with van der Waals surface area (Å²) in [4.78, 5) is 4.35. The Morgan fingerprint density at radius 1 is 1.42 bits per heavy atom. The van der Waals surface area contributed by atoms with Crippen LogP contribution in [-0.2, 0) is 6.42 Å². The first-order valence-electron chi connectivity index (χ1n) is 6.46. The fourth-order valence-electron chi connectivity index (χ4n) is 1.92. The topological polar surface area (TPSA) is 64.9 Å². The van der Waals surface area contributed by atoms with Crippen molar-refractivity contribution in [1.29, 1.82) is 0 Å². The quantitative estimate of drug-likeness (QED) is 0.870. The normalized spacial score (nSPS) is 12.6. The molecule has 0 aliphatic heterocycles. The van der Waals surface area contributed by atoms with Crippen molar-refractivity contribution < 1.29 is 8.91 Å². The third-order valence-electron chi connectivity index (χ3n) is 3.00. The summed E-state index contributed by atoms with van der Waals surface area (Å²) in [5.74, 6) is 1.16.